The molecule has 3 N–H and O–H groups in total. The molecular weight excluding hydrogens is 302 g/mol. The number of H-pyrrole nitrogens is 1. The summed E-state index contributed by atoms with van der Waals surface area (Å²) in [6.45, 7) is 0.374. The number of aromatic nitrogens is 4. The first kappa shape index (κ1) is 16.4. The van der Waals surface area contributed by atoms with Gasteiger partial charge >= 0.3 is 5.97 Å². The highest BCUT2D eigenvalue weighted by molar-refractivity contribution is 5.93. The zero-order chi connectivity index (χ0) is 16.7. The Morgan fingerprint density at radius 1 is 1.30 bits per heavy atom. The number of carbonyl (C=O) groups is 2. The van der Waals surface area contributed by atoms with E-state index < -0.39 is 17.4 Å². The molecule has 0 radical (unpaired) electrons. The molecule has 2 aromatic rings. The maximum absolute atomic E-state index is 11.9. The van der Waals surface area contributed by atoms with Crippen LogP contribution in [0.25, 0.3) is 5.95 Å². The van der Waals surface area contributed by atoms with Crippen LogP contribution >= 0.6 is 0 Å². The summed E-state index contributed by atoms with van der Waals surface area (Å²) in [5.74, 6) is -1.11. The molecular formula is C14H17N5O4. The fourth-order valence-electron chi connectivity index (χ4n) is 1.93. The Hall–Kier alpha value is -2.97. The van der Waals surface area contributed by atoms with Crippen molar-refractivity contribution in [2.45, 2.75) is 25.7 Å². The lowest BCUT2D eigenvalue weighted by Gasteiger charge is -2.05. The summed E-state index contributed by atoms with van der Waals surface area (Å²) in [6, 6.07) is 1.69. The van der Waals surface area contributed by atoms with Crippen LogP contribution in [0.3, 0.4) is 0 Å². The average molecular weight is 319 g/mol. The first-order chi connectivity index (χ1) is 11.1. The van der Waals surface area contributed by atoms with E-state index in [1.54, 1.807) is 18.5 Å². The number of carboxylic acids is 1. The average Bonchev–Trinajstić information content (AvgIpc) is 3.04. The van der Waals surface area contributed by atoms with Crippen LogP contribution in [0, 0.1) is 0 Å². The maximum atomic E-state index is 11.9. The van der Waals surface area contributed by atoms with Crippen molar-refractivity contribution in [3.8, 4) is 5.95 Å². The summed E-state index contributed by atoms with van der Waals surface area (Å²) < 4.78 is 1.38. The largest absolute Gasteiger partial charge is 0.481 e. The third kappa shape index (κ3) is 4.77. The Kier molecular flexibility index (Phi) is 5.61. The second kappa shape index (κ2) is 7.87. The number of rotatable bonds is 8. The molecule has 9 heteroatoms. The molecule has 2 rings (SSSR count). The molecule has 0 saturated carbocycles. The van der Waals surface area contributed by atoms with Crippen LogP contribution in [0.2, 0.25) is 0 Å². The van der Waals surface area contributed by atoms with Crippen LogP contribution in [-0.2, 0) is 4.79 Å². The number of unbranched alkanes of at least 4 members (excludes halogenated alkanes) is 2. The summed E-state index contributed by atoms with van der Waals surface area (Å²) in [5, 5.41) is 15.1. The lowest BCUT2D eigenvalue weighted by molar-refractivity contribution is -0.137. The number of nitrogens with one attached hydrogen (secondary N) is 2. The van der Waals surface area contributed by atoms with Gasteiger partial charge in [0.1, 0.15) is 5.56 Å². The van der Waals surface area contributed by atoms with Crippen LogP contribution in [-0.4, -0.2) is 43.3 Å². The van der Waals surface area contributed by atoms with Crippen LogP contribution in [0.4, 0.5) is 0 Å². The first-order valence-electron chi connectivity index (χ1n) is 7.17. The topological polar surface area (TPSA) is 130 Å². The molecule has 1 amide bonds. The lowest BCUT2D eigenvalue weighted by atomic mass is 10.2. The van der Waals surface area contributed by atoms with E-state index in [4.69, 9.17) is 5.11 Å². The van der Waals surface area contributed by atoms with Gasteiger partial charge in [0, 0.05) is 31.6 Å². The summed E-state index contributed by atoms with van der Waals surface area (Å²) in [6.07, 6.45) is 6.39. The van der Waals surface area contributed by atoms with Gasteiger partial charge in [-0.05, 0) is 18.9 Å². The molecule has 2 heterocycles. The van der Waals surface area contributed by atoms with Crippen LogP contribution in [0.5, 0.6) is 0 Å². The Labute approximate surface area is 131 Å². The van der Waals surface area contributed by atoms with Gasteiger partial charge in [0.05, 0.1) is 0 Å². The van der Waals surface area contributed by atoms with Crippen molar-refractivity contribution in [1.29, 1.82) is 0 Å². The zero-order valence-corrected chi connectivity index (χ0v) is 12.4. The number of hydrogen-bond donors (Lipinski definition) is 3. The second-order valence-corrected chi connectivity index (χ2v) is 4.86. The molecule has 122 valence electrons. The highest BCUT2D eigenvalue weighted by atomic mass is 16.4. The van der Waals surface area contributed by atoms with Crippen molar-refractivity contribution < 1.29 is 14.7 Å². The summed E-state index contributed by atoms with van der Waals surface area (Å²) in [4.78, 5) is 40.7. The van der Waals surface area contributed by atoms with E-state index in [0.717, 1.165) is 0 Å². The molecule has 0 aliphatic heterocycles. The van der Waals surface area contributed by atoms with Gasteiger partial charge in [-0.1, -0.05) is 6.42 Å². The van der Waals surface area contributed by atoms with Crippen molar-refractivity contribution in [3.63, 3.8) is 0 Å². The van der Waals surface area contributed by atoms with Crippen molar-refractivity contribution in [2.24, 2.45) is 0 Å². The maximum Gasteiger partial charge on any atom is 0.303 e. The molecule has 0 spiro atoms. The highest BCUT2D eigenvalue weighted by Crippen LogP contribution is 2.00. The number of aromatic amines is 1. The van der Waals surface area contributed by atoms with Gasteiger partial charge in [0.15, 0.2) is 0 Å². The standard InChI is InChI=1S/C14H17N5O4/c20-11(21)5-2-1-3-6-15-12(22)10-9-16-14(18-13(10)23)19-8-4-7-17-19/h4,7-9H,1-3,5-6H2,(H,15,22)(H,20,21)(H,16,18,23). The van der Waals surface area contributed by atoms with E-state index >= 15 is 0 Å². The summed E-state index contributed by atoms with van der Waals surface area (Å²) >= 11 is 0. The number of amides is 1. The molecule has 0 aliphatic carbocycles. The number of carboxylic acid groups (broad SMARTS) is 1. The third-order valence-corrected chi connectivity index (χ3v) is 3.10. The van der Waals surface area contributed by atoms with Gasteiger partial charge in [0.2, 0.25) is 5.95 Å². The Balaban J connectivity index is 1.85. The zero-order valence-electron chi connectivity index (χ0n) is 12.4. The molecule has 0 unspecified atom stereocenters. The van der Waals surface area contributed by atoms with Gasteiger partial charge in [-0.2, -0.15) is 5.10 Å². The third-order valence-electron chi connectivity index (χ3n) is 3.10. The van der Waals surface area contributed by atoms with Gasteiger partial charge in [0.25, 0.3) is 11.5 Å². The summed E-state index contributed by atoms with van der Waals surface area (Å²) in [5.41, 5.74) is -0.625. The van der Waals surface area contributed by atoms with Crippen molar-refractivity contribution in [1.82, 2.24) is 25.1 Å². The number of nitrogens with zero attached hydrogens (tertiary/aromatic N) is 3. The Bertz CT molecular complexity index is 723. The predicted octanol–water partition coefficient (Wildman–Crippen LogP) is 0.330. The summed E-state index contributed by atoms with van der Waals surface area (Å²) in [7, 11) is 0. The monoisotopic (exact) mass is 319 g/mol. The fraction of sp³-hybridized carbons (Fsp3) is 0.357. The molecule has 0 aliphatic rings. The van der Waals surface area contributed by atoms with Gasteiger partial charge in [-0.25, -0.2) is 9.67 Å². The molecule has 2 aromatic heterocycles. The normalized spacial score (nSPS) is 10.4. The minimum Gasteiger partial charge on any atom is -0.481 e. The fourth-order valence-corrected chi connectivity index (χ4v) is 1.93. The van der Waals surface area contributed by atoms with E-state index in [2.05, 4.69) is 20.4 Å². The van der Waals surface area contributed by atoms with Crippen molar-refractivity contribution in [3.05, 3.63) is 40.6 Å². The van der Waals surface area contributed by atoms with Crippen LogP contribution in [0.15, 0.2) is 29.5 Å². The van der Waals surface area contributed by atoms with Crippen LogP contribution < -0.4 is 10.9 Å². The lowest BCUT2D eigenvalue weighted by Crippen LogP contribution is -2.31. The number of carbonyl (C=O) groups excluding carboxylic acids is 1. The SMILES string of the molecule is O=C(O)CCCCCNC(=O)c1cnc(-n2cccn2)[nH]c1=O. The Morgan fingerprint density at radius 2 is 2.13 bits per heavy atom. The smallest absolute Gasteiger partial charge is 0.303 e. The van der Waals surface area contributed by atoms with E-state index in [-0.39, 0.29) is 17.9 Å². The highest BCUT2D eigenvalue weighted by Gasteiger charge is 2.12. The molecule has 23 heavy (non-hydrogen) atoms. The van der Waals surface area contributed by atoms with Crippen molar-refractivity contribution >= 4 is 11.9 Å². The molecule has 0 aromatic carbocycles. The van der Waals surface area contributed by atoms with Gasteiger partial charge in [-0.3, -0.25) is 19.4 Å². The van der Waals surface area contributed by atoms with Crippen molar-refractivity contribution in [2.75, 3.05) is 6.54 Å². The minimum atomic E-state index is -0.830. The van der Waals surface area contributed by atoms with E-state index in [0.29, 0.717) is 25.8 Å². The number of aliphatic carboxylic acids is 1. The van der Waals surface area contributed by atoms with Gasteiger partial charge < -0.3 is 10.4 Å². The molecule has 0 fully saturated rings. The molecule has 9 nitrogen and oxygen atoms in total. The quantitative estimate of drug-likeness (QED) is 0.601. The predicted molar refractivity (Wildman–Crippen MR) is 80.4 cm³/mol. The number of hydrogen-bond acceptors (Lipinski definition) is 5. The van der Waals surface area contributed by atoms with E-state index in [1.165, 1.54) is 10.9 Å². The molecule has 0 bridgehead atoms. The molecule has 0 saturated heterocycles. The minimum absolute atomic E-state index is 0.0774. The van der Waals surface area contributed by atoms with E-state index in [1.807, 2.05) is 0 Å². The molecule has 0 atom stereocenters. The van der Waals surface area contributed by atoms with Crippen LogP contribution in [0.1, 0.15) is 36.0 Å². The second-order valence-electron chi connectivity index (χ2n) is 4.86. The van der Waals surface area contributed by atoms with Gasteiger partial charge in [-0.15, -0.1) is 0 Å². The Morgan fingerprint density at radius 3 is 2.78 bits per heavy atom. The van der Waals surface area contributed by atoms with E-state index in [9.17, 15) is 14.4 Å². The first-order valence-corrected chi connectivity index (χ1v) is 7.17.